The van der Waals surface area contributed by atoms with Gasteiger partial charge in [0.05, 0.1) is 0 Å². The largest absolute Gasteiger partial charge is 0.283 e. The molecule has 1 aliphatic heterocycles. The molecule has 1 fully saturated rings. The average molecular weight is 269 g/mol. The van der Waals surface area contributed by atoms with Crippen molar-refractivity contribution in [1.29, 1.82) is 0 Å². The Labute approximate surface area is 118 Å². The second-order valence-electron chi connectivity index (χ2n) is 5.66. The SMILES string of the molecule is CC.CC(C)CCCC(C)CCN1C(=O)CCC1=O. The van der Waals surface area contributed by atoms with Crippen LogP contribution in [0.1, 0.15) is 73.1 Å². The first-order valence-corrected chi connectivity index (χ1v) is 7.84. The maximum absolute atomic E-state index is 11.4. The van der Waals surface area contributed by atoms with Crippen molar-refractivity contribution in [2.24, 2.45) is 11.8 Å². The molecule has 1 rings (SSSR count). The van der Waals surface area contributed by atoms with Crippen molar-refractivity contribution in [3.05, 3.63) is 0 Å². The topological polar surface area (TPSA) is 37.4 Å². The van der Waals surface area contributed by atoms with Gasteiger partial charge < -0.3 is 0 Å². The zero-order valence-corrected chi connectivity index (χ0v) is 13.4. The van der Waals surface area contributed by atoms with Crippen LogP contribution in [0.3, 0.4) is 0 Å². The van der Waals surface area contributed by atoms with Crippen LogP contribution in [0.25, 0.3) is 0 Å². The summed E-state index contributed by atoms with van der Waals surface area (Å²) in [6, 6.07) is 0. The van der Waals surface area contributed by atoms with Crippen LogP contribution in [0.15, 0.2) is 0 Å². The smallest absolute Gasteiger partial charge is 0.229 e. The van der Waals surface area contributed by atoms with E-state index in [2.05, 4.69) is 20.8 Å². The Balaban J connectivity index is 0.00000154. The first-order valence-electron chi connectivity index (χ1n) is 7.84. The molecule has 0 aromatic rings. The summed E-state index contributed by atoms with van der Waals surface area (Å²) in [5, 5.41) is 0. The van der Waals surface area contributed by atoms with Gasteiger partial charge in [-0.25, -0.2) is 0 Å². The summed E-state index contributed by atoms with van der Waals surface area (Å²) in [6.07, 6.45) is 5.51. The number of imide groups is 1. The van der Waals surface area contributed by atoms with E-state index < -0.39 is 0 Å². The lowest BCUT2D eigenvalue weighted by Crippen LogP contribution is -2.30. The molecular weight excluding hydrogens is 238 g/mol. The number of rotatable bonds is 7. The third-order valence-electron chi connectivity index (χ3n) is 3.48. The van der Waals surface area contributed by atoms with Crippen molar-refractivity contribution in [2.75, 3.05) is 6.54 Å². The number of hydrogen-bond donors (Lipinski definition) is 0. The predicted octanol–water partition coefficient (Wildman–Crippen LogP) is 4.01. The molecule has 1 atom stereocenters. The van der Waals surface area contributed by atoms with Gasteiger partial charge in [0, 0.05) is 19.4 Å². The number of amides is 2. The Bertz CT molecular complexity index is 258. The highest BCUT2D eigenvalue weighted by Gasteiger charge is 2.28. The van der Waals surface area contributed by atoms with Crippen LogP contribution in [0.4, 0.5) is 0 Å². The first kappa shape index (κ1) is 18.1. The molecule has 0 aliphatic carbocycles. The number of likely N-dealkylation sites (tertiary alicyclic amines) is 1. The molecule has 1 saturated heterocycles. The fraction of sp³-hybridized carbons (Fsp3) is 0.875. The molecule has 0 bridgehead atoms. The molecule has 3 nitrogen and oxygen atoms in total. The molecule has 0 saturated carbocycles. The molecule has 3 heteroatoms. The quantitative estimate of drug-likeness (QED) is 0.655. The van der Waals surface area contributed by atoms with Gasteiger partial charge in [-0.2, -0.15) is 0 Å². The Hall–Kier alpha value is -0.860. The van der Waals surface area contributed by atoms with E-state index in [1.54, 1.807) is 0 Å². The van der Waals surface area contributed by atoms with Gasteiger partial charge in [-0.05, 0) is 18.3 Å². The van der Waals surface area contributed by atoms with Crippen molar-refractivity contribution < 1.29 is 9.59 Å². The molecule has 0 aromatic carbocycles. The van der Waals surface area contributed by atoms with E-state index in [0.29, 0.717) is 25.3 Å². The zero-order chi connectivity index (χ0) is 14.8. The lowest BCUT2D eigenvalue weighted by Gasteiger charge is -2.17. The van der Waals surface area contributed by atoms with E-state index in [4.69, 9.17) is 0 Å². The maximum atomic E-state index is 11.4. The summed E-state index contributed by atoms with van der Waals surface area (Å²) in [7, 11) is 0. The number of carbonyl (C=O) groups is 2. The van der Waals surface area contributed by atoms with Crippen LogP contribution in [-0.2, 0) is 9.59 Å². The Morgan fingerprint density at radius 2 is 1.47 bits per heavy atom. The highest BCUT2D eigenvalue weighted by atomic mass is 16.2. The number of carbonyl (C=O) groups excluding carboxylic acids is 2. The van der Waals surface area contributed by atoms with E-state index in [1.165, 1.54) is 24.2 Å². The molecule has 1 heterocycles. The summed E-state index contributed by atoms with van der Waals surface area (Å²) in [6.45, 7) is 11.3. The van der Waals surface area contributed by atoms with E-state index >= 15 is 0 Å². The molecule has 112 valence electrons. The highest BCUT2D eigenvalue weighted by molar-refractivity contribution is 6.01. The highest BCUT2D eigenvalue weighted by Crippen LogP contribution is 2.18. The summed E-state index contributed by atoms with van der Waals surface area (Å²) in [4.78, 5) is 24.3. The Kier molecular flexibility index (Phi) is 9.54. The summed E-state index contributed by atoms with van der Waals surface area (Å²) in [5.41, 5.74) is 0. The lowest BCUT2D eigenvalue weighted by molar-refractivity contribution is -0.138. The third kappa shape index (κ3) is 7.34. The maximum Gasteiger partial charge on any atom is 0.229 e. The van der Waals surface area contributed by atoms with Crippen LogP contribution in [0, 0.1) is 11.8 Å². The van der Waals surface area contributed by atoms with E-state index in [0.717, 1.165) is 12.3 Å². The summed E-state index contributed by atoms with van der Waals surface area (Å²) in [5.74, 6) is 1.41. The van der Waals surface area contributed by atoms with E-state index in [1.807, 2.05) is 13.8 Å². The fourth-order valence-corrected chi connectivity index (χ4v) is 2.24. The van der Waals surface area contributed by atoms with Gasteiger partial charge in [0.1, 0.15) is 0 Å². The van der Waals surface area contributed by atoms with E-state index in [9.17, 15) is 9.59 Å². The molecule has 1 aliphatic rings. The van der Waals surface area contributed by atoms with Crippen molar-refractivity contribution in [2.45, 2.75) is 73.1 Å². The van der Waals surface area contributed by atoms with Crippen LogP contribution in [-0.4, -0.2) is 23.3 Å². The minimum atomic E-state index is 0.0179. The minimum Gasteiger partial charge on any atom is -0.283 e. The van der Waals surface area contributed by atoms with Gasteiger partial charge >= 0.3 is 0 Å². The predicted molar refractivity (Wildman–Crippen MR) is 79.8 cm³/mol. The van der Waals surface area contributed by atoms with Gasteiger partial charge in [0.2, 0.25) is 11.8 Å². The summed E-state index contributed by atoms with van der Waals surface area (Å²) >= 11 is 0. The molecule has 19 heavy (non-hydrogen) atoms. The first-order chi connectivity index (χ1) is 9.00. The average Bonchev–Trinajstić information content (AvgIpc) is 2.69. The monoisotopic (exact) mass is 269 g/mol. The van der Waals surface area contributed by atoms with Gasteiger partial charge in [-0.1, -0.05) is 53.9 Å². The standard InChI is InChI=1S/C14H25NO2.C2H6/c1-11(2)5-4-6-12(3)9-10-15-13(16)7-8-14(15)17;1-2/h11-12H,4-10H2,1-3H3;1-2H3. The molecule has 2 amide bonds. The minimum absolute atomic E-state index is 0.0179. The van der Waals surface area contributed by atoms with Crippen LogP contribution >= 0.6 is 0 Å². The van der Waals surface area contributed by atoms with Gasteiger partial charge in [0.15, 0.2) is 0 Å². The lowest BCUT2D eigenvalue weighted by atomic mass is 9.97. The normalized spacial score (nSPS) is 16.6. The molecule has 1 unspecified atom stereocenters. The second-order valence-corrected chi connectivity index (χ2v) is 5.66. The van der Waals surface area contributed by atoms with Crippen molar-refractivity contribution in [1.82, 2.24) is 4.90 Å². The molecule has 0 N–H and O–H groups in total. The Morgan fingerprint density at radius 3 is 1.95 bits per heavy atom. The van der Waals surface area contributed by atoms with Crippen molar-refractivity contribution in [3.8, 4) is 0 Å². The zero-order valence-electron chi connectivity index (χ0n) is 13.4. The van der Waals surface area contributed by atoms with E-state index in [-0.39, 0.29) is 11.8 Å². The third-order valence-corrected chi connectivity index (χ3v) is 3.48. The van der Waals surface area contributed by atoms with Gasteiger partial charge in [-0.15, -0.1) is 0 Å². The van der Waals surface area contributed by atoms with Gasteiger partial charge in [0.25, 0.3) is 0 Å². The molecular formula is C16H31NO2. The van der Waals surface area contributed by atoms with Crippen molar-refractivity contribution >= 4 is 11.8 Å². The van der Waals surface area contributed by atoms with Crippen molar-refractivity contribution in [3.63, 3.8) is 0 Å². The Morgan fingerprint density at radius 1 is 0.947 bits per heavy atom. The van der Waals surface area contributed by atoms with Crippen LogP contribution in [0.5, 0.6) is 0 Å². The van der Waals surface area contributed by atoms with Crippen LogP contribution < -0.4 is 0 Å². The molecule has 0 spiro atoms. The fourth-order valence-electron chi connectivity index (χ4n) is 2.24. The number of nitrogens with zero attached hydrogens (tertiary/aromatic N) is 1. The van der Waals surface area contributed by atoms with Crippen LogP contribution in [0.2, 0.25) is 0 Å². The summed E-state index contributed by atoms with van der Waals surface area (Å²) < 4.78 is 0. The molecule has 0 radical (unpaired) electrons. The number of hydrogen-bond acceptors (Lipinski definition) is 2. The second kappa shape index (κ2) is 9.99. The molecule has 0 aromatic heterocycles. The van der Waals surface area contributed by atoms with Gasteiger partial charge in [-0.3, -0.25) is 14.5 Å².